The molecule has 0 spiro atoms. The number of carbonyl (C=O) groups is 2. The molecule has 164 valence electrons. The summed E-state index contributed by atoms with van der Waals surface area (Å²) in [5.41, 5.74) is 2.42. The fourth-order valence-corrected chi connectivity index (χ4v) is 3.88. The number of Topliss-reactive ketones (excluding diaryl/α,β-unsaturated/α-hetero) is 1. The Morgan fingerprint density at radius 3 is 2.52 bits per heavy atom. The number of hydrogen-bond acceptors (Lipinski definition) is 6. The molecule has 1 aliphatic heterocycles. The number of ketones is 1. The standard InChI is InChI=1S/C26H21N3O4/c1-3-33-21-12-9-18(14-16(21)2)24(30)22-23(20-6-4-5-13-28-20)29(26(32)25(22)31)19-10-7-17(15-27)8-11-19/h4-14,23,30H,3H2,1-2H3/b24-22-. The third kappa shape index (κ3) is 3.94. The number of pyridine rings is 1. The summed E-state index contributed by atoms with van der Waals surface area (Å²) >= 11 is 0. The van der Waals surface area contributed by atoms with Crippen LogP contribution in [0.1, 0.15) is 35.3 Å². The van der Waals surface area contributed by atoms with Crippen LogP contribution in [-0.2, 0) is 9.59 Å². The van der Waals surface area contributed by atoms with Gasteiger partial charge in [-0.05, 0) is 74.0 Å². The Bertz CT molecular complexity index is 1290. The molecule has 1 unspecified atom stereocenters. The molecule has 1 atom stereocenters. The topological polar surface area (TPSA) is 104 Å². The highest BCUT2D eigenvalue weighted by atomic mass is 16.5. The van der Waals surface area contributed by atoms with Crippen LogP contribution in [0.5, 0.6) is 5.75 Å². The minimum absolute atomic E-state index is 0.0494. The van der Waals surface area contributed by atoms with E-state index in [1.165, 1.54) is 4.90 Å². The van der Waals surface area contributed by atoms with Gasteiger partial charge in [0.1, 0.15) is 17.6 Å². The highest BCUT2D eigenvalue weighted by molar-refractivity contribution is 6.51. The molecule has 4 rings (SSSR count). The van der Waals surface area contributed by atoms with Crippen molar-refractivity contribution in [2.24, 2.45) is 0 Å². The van der Waals surface area contributed by atoms with Crippen molar-refractivity contribution in [1.82, 2.24) is 4.98 Å². The SMILES string of the molecule is CCOc1ccc(/C(O)=C2/C(=O)C(=O)N(c3ccc(C#N)cc3)C2c2ccccn2)cc1C. The van der Waals surface area contributed by atoms with Crippen molar-refractivity contribution in [3.63, 3.8) is 0 Å². The van der Waals surface area contributed by atoms with Gasteiger partial charge in [0, 0.05) is 17.4 Å². The fraction of sp³-hybridized carbons (Fsp3) is 0.154. The van der Waals surface area contributed by atoms with Crippen molar-refractivity contribution >= 4 is 23.1 Å². The Kier molecular flexibility index (Phi) is 5.92. The van der Waals surface area contributed by atoms with E-state index in [2.05, 4.69) is 4.98 Å². The first kappa shape index (κ1) is 21.8. The van der Waals surface area contributed by atoms with E-state index in [1.807, 2.05) is 19.9 Å². The first-order valence-electron chi connectivity index (χ1n) is 10.4. The van der Waals surface area contributed by atoms with Gasteiger partial charge >= 0.3 is 0 Å². The molecule has 1 aromatic heterocycles. The van der Waals surface area contributed by atoms with Gasteiger partial charge in [-0.15, -0.1) is 0 Å². The number of nitriles is 1. The molecule has 0 radical (unpaired) electrons. The summed E-state index contributed by atoms with van der Waals surface area (Å²) in [6.45, 7) is 4.22. The normalized spacial score (nSPS) is 17.1. The molecule has 1 saturated heterocycles. The molecular weight excluding hydrogens is 418 g/mol. The minimum Gasteiger partial charge on any atom is -0.507 e. The monoisotopic (exact) mass is 439 g/mol. The molecule has 0 aliphatic carbocycles. The van der Waals surface area contributed by atoms with Crippen molar-refractivity contribution in [3.05, 3.63) is 94.8 Å². The zero-order valence-electron chi connectivity index (χ0n) is 18.1. The molecule has 3 aromatic rings. The maximum absolute atomic E-state index is 13.2. The predicted molar refractivity (Wildman–Crippen MR) is 123 cm³/mol. The van der Waals surface area contributed by atoms with Gasteiger partial charge in [-0.25, -0.2) is 0 Å². The quantitative estimate of drug-likeness (QED) is 0.361. The number of aromatic nitrogens is 1. The van der Waals surface area contributed by atoms with Gasteiger partial charge in [-0.2, -0.15) is 5.26 Å². The number of rotatable bonds is 5. The Labute approximate surface area is 191 Å². The van der Waals surface area contributed by atoms with Crippen molar-refractivity contribution in [2.45, 2.75) is 19.9 Å². The Morgan fingerprint density at radius 2 is 1.91 bits per heavy atom. The van der Waals surface area contributed by atoms with Crippen LogP contribution in [0.3, 0.4) is 0 Å². The van der Waals surface area contributed by atoms with Gasteiger partial charge in [-0.1, -0.05) is 6.07 Å². The van der Waals surface area contributed by atoms with E-state index in [9.17, 15) is 14.7 Å². The Balaban J connectivity index is 1.89. The number of ether oxygens (including phenoxy) is 1. The molecule has 0 bridgehead atoms. The lowest BCUT2D eigenvalue weighted by molar-refractivity contribution is -0.132. The first-order chi connectivity index (χ1) is 16.0. The van der Waals surface area contributed by atoms with Crippen LogP contribution >= 0.6 is 0 Å². The lowest BCUT2D eigenvalue weighted by Gasteiger charge is -2.24. The van der Waals surface area contributed by atoms with E-state index < -0.39 is 17.7 Å². The number of aryl methyl sites for hydroxylation is 1. The number of aliphatic hydroxyl groups is 1. The lowest BCUT2D eigenvalue weighted by Crippen LogP contribution is -2.29. The summed E-state index contributed by atoms with van der Waals surface area (Å²) in [6.07, 6.45) is 1.56. The summed E-state index contributed by atoms with van der Waals surface area (Å²) in [5.74, 6) is -1.20. The van der Waals surface area contributed by atoms with E-state index in [0.29, 0.717) is 34.9 Å². The molecule has 2 aromatic carbocycles. The molecule has 7 nitrogen and oxygen atoms in total. The first-order valence-corrected chi connectivity index (χ1v) is 10.4. The summed E-state index contributed by atoms with van der Waals surface area (Å²) in [6, 6.07) is 17.7. The largest absolute Gasteiger partial charge is 0.507 e. The van der Waals surface area contributed by atoms with Gasteiger partial charge in [0.2, 0.25) is 0 Å². The zero-order chi connectivity index (χ0) is 23.5. The molecule has 1 aliphatic rings. The Morgan fingerprint density at radius 1 is 1.15 bits per heavy atom. The van der Waals surface area contributed by atoms with Crippen LogP contribution in [0.4, 0.5) is 5.69 Å². The second kappa shape index (κ2) is 8.97. The molecular formula is C26H21N3O4. The highest BCUT2D eigenvalue weighted by Crippen LogP contribution is 2.41. The van der Waals surface area contributed by atoms with Crippen molar-refractivity contribution in [1.29, 1.82) is 5.26 Å². The third-order valence-corrected chi connectivity index (χ3v) is 5.44. The lowest BCUT2D eigenvalue weighted by atomic mass is 9.97. The summed E-state index contributed by atoms with van der Waals surface area (Å²) in [7, 11) is 0. The number of carbonyl (C=O) groups excluding carboxylic acids is 2. The second-order valence-corrected chi connectivity index (χ2v) is 7.50. The van der Waals surface area contributed by atoms with Gasteiger partial charge < -0.3 is 9.84 Å². The van der Waals surface area contributed by atoms with Crippen LogP contribution in [0.2, 0.25) is 0 Å². The number of aliphatic hydroxyl groups excluding tert-OH is 1. The number of hydrogen-bond donors (Lipinski definition) is 1. The van der Waals surface area contributed by atoms with Gasteiger partial charge in [-0.3, -0.25) is 19.5 Å². The number of amides is 1. The van der Waals surface area contributed by atoms with E-state index in [0.717, 1.165) is 5.56 Å². The number of anilines is 1. The maximum atomic E-state index is 13.2. The fourth-order valence-electron chi connectivity index (χ4n) is 3.88. The van der Waals surface area contributed by atoms with E-state index in [-0.39, 0.29) is 11.3 Å². The van der Waals surface area contributed by atoms with E-state index in [1.54, 1.807) is 66.9 Å². The van der Waals surface area contributed by atoms with Crippen molar-refractivity contribution in [2.75, 3.05) is 11.5 Å². The van der Waals surface area contributed by atoms with Gasteiger partial charge in [0.05, 0.1) is 29.5 Å². The van der Waals surface area contributed by atoms with Crippen LogP contribution in [0.25, 0.3) is 5.76 Å². The smallest absolute Gasteiger partial charge is 0.300 e. The number of benzene rings is 2. The second-order valence-electron chi connectivity index (χ2n) is 7.50. The molecule has 2 heterocycles. The highest BCUT2D eigenvalue weighted by Gasteiger charge is 2.47. The molecule has 0 saturated carbocycles. The van der Waals surface area contributed by atoms with Crippen LogP contribution < -0.4 is 9.64 Å². The van der Waals surface area contributed by atoms with Crippen LogP contribution in [0.15, 0.2) is 72.4 Å². The van der Waals surface area contributed by atoms with Crippen LogP contribution in [0, 0.1) is 18.3 Å². The summed E-state index contributed by atoms with van der Waals surface area (Å²) < 4.78 is 5.56. The molecule has 1 fully saturated rings. The van der Waals surface area contributed by atoms with Crippen LogP contribution in [-0.4, -0.2) is 28.4 Å². The minimum atomic E-state index is -0.925. The molecule has 33 heavy (non-hydrogen) atoms. The Hall–Kier alpha value is -4.44. The molecule has 7 heteroatoms. The molecule has 1 N–H and O–H groups in total. The summed E-state index contributed by atoms with van der Waals surface area (Å²) in [5, 5.41) is 20.3. The molecule has 1 amide bonds. The third-order valence-electron chi connectivity index (χ3n) is 5.44. The van der Waals surface area contributed by atoms with E-state index >= 15 is 0 Å². The average Bonchev–Trinajstić information content (AvgIpc) is 3.11. The average molecular weight is 439 g/mol. The predicted octanol–water partition coefficient (Wildman–Crippen LogP) is 4.29. The summed E-state index contributed by atoms with van der Waals surface area (Å²) in [4.78, 5) is 31.9. The van der Waals surface area contributed by atoms with Gasteiger partial charge in [0.15, 0.2) is 0 Å². The van der Waals surface area contributed by atoms with Crippen molar-refractivity contribution in [3.8, 4) is 11.8 Å². The number of nitrogens with zero attached hydrogens (tertiary/aromatic N) is 3. The van der Waals surface area contributed by atoms with E-state index in [4.69, 9.17) is 10.00 Å². The van der Waals surface area contributed by atoms with Crippen molar-refractivity contribution < 1.29 is 19.4 Å². The maximum Gasteiger partial charge on any atom is 0.300 e. The van der Waals surface area contributed by atoms with Gasteiger partial charge in [0.25, 0.3) is 11.7 Å². The zero-order valence-corrected chi connectivity index (χ0v) is 18.1.